The van der Waals surface area contributed by atoms with Crippen LogP contribution in [0.4, 0.5) is 4.39 Å². The van der Waals surface area contributed by atoms with E-state index in [1.54, 1.807) is 0 Å². The van der Waals surface area contributed by atoms with Crippen LogP contribution in [0, 0.1) is 5.82 Å². The molecular formula is C18H21FN4O2. The van der Waals surface area contributed by atoms with Gasteiger partial charge in [0.2, 0.25) is 5.91 Å². The van der Waals surface area contributed by atoms with E-state index in [2.05, 4.69) is 10.3 Å². The van der Waals surface area contributed by atoms with Gasteiger partial charge in [-0.1, -0.05) is 17.3 Å². The van der Waals surface area contributed by atoms with Crippen LogP contribution < -0.4 is 0 Å². The van der Waals surface area contributed by atoms with Gasteiger partial charge in [-0.15, -0.1) is 5.10 Å². The van der Waals surface area contributed by atoms with Crippen molar-refractivity contribution in [2.24, 2.45) is 0 Å². The minimum Gasteiger partial charge on any atom is -0.381 e. The van der Waals surface area contributed by atoms with Crippen LogP contribution in [0.1, 0.15) is 36.9 Å². The van der Waals surface area contributed by atoms with Crippen molar-refractivity contribution in [2.75, 3.05) is 19.8 Å². The fourth-order valence-electron chi connectivity index (χ4n) is 3.77. The summed E-state index contributed by atoms with van der Waals surface area (Å²) in [5.74, 6) is -0.0772. The molecule has 0 spiro atoms. The van der Waals surface area contributed by atoms with Crippen LogP contribution >= 0.6 is 0 Å². The number of carbonyl (C=O) groups excluding carboxylic acids is 1. The second-order valence-corrected chi connectivity index (χ2v) is 6.72. The number of amides is 1. The lowest BCUT2D eigenvalue weighted by Gasteiger charge is -2.37. The summed E-state index contributed by atoms with van der Waals surface area (Å²) in [6.07, 6.45) is 4.95. The second-order valence-electron chi connectivity index (χ2n) is 6.72. The van der Waals surface area contributed by atoms with Crippen LogP contribution in [-0.2, 0) is 21.6 Å². The molecule has 1 aromatic carbocycles. The number of hydrogen-bond donors (Lipinski definition) is 0. The fraction of sp³-hybridized carbons (Fsp3) is 0.500. The number of rotatable bonds is 4. The number of benzene rings is 1. The number of ether oxygens (including phenoxy) is 1. The molecule has 1 amide bonds. The van der Waals surface area contributed by atoms with Crippen LogP contribution in [0.25, 0.3) is 0 Å². The maximum atomic E-state index is 13.4. The highest BCUT2D eigenvalue weighted by atomic mass is 19.1. The van der Waals surface area contributed by atoms with E-state index in [1.807, 2.05) is 27.9 Å². The molecule has 0 aliphatic carbocycles. The SMILES string of the molecule is O=C1CCCN1Cc1cn(C2(c3ccc(F)cc3)CCOCC2)nn1. The normalized spacial score (nSPS) is 20.2. The zero-order valence-electron chi connectivity index (χ0n) is 14.0. The first kappa shape index (κ1) is 16.2. The van der Waals surface area contributed by atoms with Crippen molar-refractivity contribution >= 4 is 5.91 Å². The molecule has 2 fully saturated rings. The molecule has 25 heavy (non-hydrogen) atoms. The monoisotopic (exact) mass is 344 g/mol. The number of carbonyl (C=O) groups is 1. The molecule has 0 saturated carbocycles. The minimum atomic E-state index is -0.383. The highest BCUT2D eigenvalue weighted by Crippen LogP contribution is 2.36. The van der Waals surface area contributed by atoms with E-state index < -0.39 is 0 Å². The topological polar surface area (TPSA) is 60.2 Å². The Kier molecular flexibility index (Phi) is 4.25. The second kappa shape index (κ2) is 6.55. The maximum Gasteiger partial charge on any atom is 0.222 e. The molecule has 2 aromatic rings. The quantitative estimate of drug-likeness (QED) is 0.852. The average molecular weight is 344 g/mol. The summed E-state index contributed by atoms with van der Waals surface area (Å²) >= 11 is 0. The molecule has 3 heterocycles. The van der Waals surface area contributed by atoms with Crippen molar-refractivity contribution in [3.05, 3.63) is 47.5 Å². The Morgan fingerprint density at radius 3 is 2.64 bits per heavy atom. The molecule has 2 aliphatic rings. The number of halogens is 1. The highest BCUT2D eigenvalue weighted by molar-refractivity contribution is 5.77. The third-order valence-electron chi connectivity index (χ3n) is 5.21. The van der Waals surface area contributed by atoms with Crippen molar-refractivity contribution in [3.63, 3.8) is 0 Å². The summed E-state index contributed by atoms with van der Waals surface area (Å²) in [5, 5.41) is 8.64. The number of likely N-dealkylation sites (tertiary alicyclic amines) is 1. The third kappa shape index (κ3) is 3.04. The molecule has 0 N–H and O–H groups in total. The standard InChI is InChI=1S/C18H21FN4O2/c19-15-5-3-14(4-6-15)18(7-10-25-11-8-18)23-13-16(20-21-23)12-22-9-1-2-17(22)24/h3-6,13H,1-2,7-12H2. The molecule has 7 heteroatoms. The molecule has 0 atom stereocenters. The smallest absolute Gasteiger partial charge is 0.222 e. The van der Waals surface area contributed by atoms with Crippen molar-refractivity contribution in [3.8, 4) is 0 Å². The number of hydrogen-bond acceptors (Lipinski definition) is 4. The lowest BCUT2D eigenvalue weighted by molar-refractivity contribution is -0.128. The van der Waals surface area contributed by atoms with Crippen LogP contribution in [-0.4, -0.2) is 45.6 Å². The Bertz CT molecular complexity index is 753. The zero-order valence-corrected chi connectivity index (χ0v) is 14.0. The Hall–Kier alpha value is -2.28. The van der Waals surface area contributed by atoms with Gasteiger partial charge < -0.3 is 9.64 Å². The Morgan fingerprint density at radius 1 is 1.20 bits per heavy atom. The molecule has 6 nitrogen and oxygen atoms in total. The molecular weight excluding hydrogens is 323 g/mol. The van der Waals surface area contributed by atoms with Gasteiger partial charge in [0.1, 0.15) is 11.5 Å². The molecule has 0 radical (unpaired) electrons. The summed E-state index contributed by atoms with van der Waals surface area (Å²) in [7, 11) is 0. The van der Waals surface area contributed by atoms with Crippen molar-refractivity contribution in [1.29, 1.82) is 0 Å². The fourth-order valence-corrected chi connectivity index (χ4v) is 3.77. The van der Waals surface area contributed by atoms with Gasteiger partial charge in [-0.3, -0.25) is 4.79 Å². The maximum absolute atomic E-state index is 13.4. The molecule has 2 saturated heterocycles. The first-order chi connectivity index (χ1) is 12.2. The summed E-state index contributed by atoms with van der Waals surface area (Å²) in [6, 6.07) is 6.58. The molecule has 0 bridgehead atoms. The van der Waals surface area contributed by atoms with Crippen molar-refractivity contribution in [1.82, 2.24) is 19.9 Å². The van der Waals surface area contributed by atoms with Crippen LogP contribution in [0.5, 0.6) is 0 Å². The minimum absolute atomic E-state index is 0.175. The first-order valence-corrected chi connectivity index (χ1v) is 8.71. The lowest BCUT2D eigenvalue weighted by Crippen LogP contribution is -2.41. The molecule has 2 aliphatic heterocycles. The van der Waals surface area contributed by atoms with E-state index in [0.29, 0.717) is 26.2 Å². The van der Waals surface area contributed by atoms with Crippen LogP contribution in [0.3, 0.4) is 0 Å². The molecule has 132 valence electrons. The van der Waals surface area contributed by atoms with Crippen LogP contribution in [0.2, 0.25) is 0 Å². The Morgan fingerprint density at radius 2 is 1.96 bits per heavy atom. The summed E-state index contributed by atoms with van der Waals surface area (Å²) in [4.78, 5) is 13.6. The first-order valence-electron chi connectivity index (χ1n) is 8.71. The van der Waals surface area contributed by atoms with Gasteiger partial charge in [0.15, 0.2) is 0 Å². The van der Waals surface area contributed by atoms with Crippen molar-refractivity contribution in [2.45, 2.75) is 37.8 Å². The summed E-state index contributed by atoms with van der Waals surface area (Å²) < 4.78 is 20.8. The van der Waals surface area contributed by atoms with Gasteiger partial charge in [0.25, 0.3) is 0 Å². The van der Waals surface area contributed by atoms with Gasteiger partial charge in [0, 0.05) is 39.0 Å². The van der Waals surface area contributed by atoms with Crippen molar-refractivity contribution < 1.29 is 13.9 Å². The Labute approximate surface area is 145 Å². The van der Waals surface area contributed by atoms with E-state index in [4.69, 9.17) is 4.74 Å². The molecule has 1 aromatic heterocycles. The lowest BCUT2D eigenvalue weighted by atomic mass is 9.83. The van der Waals surface area contributed by atoms with Gasteiger partial charge in [-0.25, -0.2) is 9.07 Å². The largest absolute Gasteiger partial charge is 0.381 e. The third-order valence-corrected chi connectivity index (χ3v) is 5.21. The van der Waals surface area contributed by atoms with Gasteiger partial charge in [-0.2, -0.15) is 0 Å². The Balaban J connectivity index is 1.64. The molecule has 0 unspecified atom stereocenters. The molecule has 4 rings (SSSR count). The predicted octanol–water partition coefficient (Wildman–Crippen LogP) is 2.09. The van der Waals surface area contributed by atoms with Crippen LogP contribution in [0.15, 0.2) is 30.5 Å². The van der Waals surface area contributed by atoms with Gasteiger partial charge >= 0.3 is 0 Å². The van der Waals surface area contributed by atoms with Gasteiger partial charge in [0.05, 0.1) is 18.3 Å². The van der Waals surface area contributed by atoms with E-state index >= 15 is 0 Å². The average Bonchev–Trinajstić information content (AvgIpc) is 3.26. The van der Waals surface area contributed by atoms with E-state index in [-0.39, 0.29) is 17.3 Å². The number of aromatic nitrogens is 3. The van der Waals surface area contributed by atoms with Gasteiger partial charge in [-0.05, 0) is 24.1 Å². The summed E-state index contributed by atoms with van der Waals surface area (Å²) in [5.41, 5.74) is 1.40. The van der Waals surface area contributed by atoms with E-state index in [0.717, 1.165) is 37.1 Å². The summed E-state index contributed by atoms with van der Waals surface area (Å²) in [6.45, 7) is 2.52. The number of nitrogens with zero attached hydrogens (tertiary/aromatic N) is 4. The van der Waals surface area contributed by atoms with E-state index in [1.165, 1.54) is 12.1 Å². The highest BCUT2D eigenvalue weighted by Gasteiger charge is 2.38. The predicted molar refractivity (Wildman–Crippen MR) is 88.2 cm³/mol. The van der Waals surface area contributed by atoms with E-state index in [9.17, 15) is 9.18 Å². The zero-order chi connectivity index (χ0) is 17.3.